The molecule has 1 aromatic carbocycles. The summed E-state index contributed by atoms with van der Waals surface area (Å²) < 4.78 is 0. The number of nitrogens with zero attached hydrogens (tertiary/aromatic N) is 4. The molecule has 2 aromatic heterocycles. The number of hydrogen-bond donors (Lipinski definition) is 1. The van der Waals surface area contributed by atoms with Crippen molar-refractivity contribution in [3.05, 3.63) is 58.9 Å². The minimum absolute atomic E-state index is 0.368. The Morgan fingerprint density at radius 2 is 2.00 bits per heavy atom. The van der Waals surface area contributed by atoms with E-state index in [1.807, 2.05) is 30.6 Å². The first-order chi connectivity index (χ1) is 11.3. The van der Waals surface area contributed by atoms with Gasteiger partial charge < -0.3 is 5.73 Å². The van der Waals surface area contributed by atoms with Gasteiger partial charge in [0.15, 0.2) is 0 Å². The van der Waals surface area contributed by atoms with Gasteiger partial charge in [-0.3, -0.25) is 4.90 Å². The van der Waals surface area contributed by atoms with Gasteiger partial charge in [0.05, 0.1) is 5.69 Å². The fraction of sp³-hybridized carbons (Fsp3) is 0.235. The zero-order chi connectivity index (χ0) is 15.6. The number of benzene rings is 1. The highest BCUT2D eigenvalue weighted by Gasteiger charge is 2.19. The average Bonchev–Trinajstić information content (AvgIpc) is 3.04. The van der Waals surface area contributed by atoms with E-state index in [0.717, 1.165) is 36.8 Å². The van der Waals surface area contributed by atoms with Gasteiger partial charge in [0.2, 0.25) is 5.95 Å². The molecule has 1 aliphatic heterocycles. The van der Waals surface area contributed by atoms with E-state index >= 15 is 0 Å². The summed E-state index contributed by atoms with van der Waals surface area (Å²) in [7, 11) is 0. The molecule has 0 saturated heterocycles. The van der Waals surface area contributed by atoms with Gasteiger partial charge in [-0.15, -0.1) is 11.3 Å². The molecule has 3 heterocycles. The van der Waals surface area contributed by atoms with Crippen molar-refractivity contribution >= 4 is 17.3 Å². The maximum Gasteiger partial charge on any atom is 0.220 e. The van der Waals surface area contributed by atoms with Crippen LogP contribution in [0.25, 0.3) is 10.6 Å². The molecule has 0 atom stereocenters. The first-order valence-electron chi connectivity index (χ1n) is 7.61. The fourth-order valence-corrected chi connectivity index (χ4v) is 3.80. The Morgan fingerprint density at radius 3 is 2.87 bits per heavy atom. The van der Waals surface area contributed by atoms with Gasteiger partial charge >= 0.3 is 0 Å². The van der Waals surface area contributed by atoms with Crippen LogP contribution in [0.1, 0.15) is 16.1 Å². The van der Waals surface area contributed by atoms with Crippen LogP contribution in [0.5, 0.6) is 0 Å². The highest BCUT2D eigenvalue weighted by molar-refractivity contribution is 7.15. The Kier molecular flexibility index (Phi) is 3.77. The van der Waals surface area contributed by atoms with Crippen LogP contribution < -0.4 is 5.73 Å². The summed E-state index contributed by atoms with van der Waals surface area (Å²) in [5, 5.41) is 1.08. The van der Waals surface area contributed by atoms with E-state index < -0.39 is 0 Å². The van der Waals surface area contributed by atoms with Crippen molar-refractivity contribution in [2.75, 3.05) is 12.3 Å². The Labute approximate surface area is 138 Å². The number of thiazole rings is 1. The SMILES string of the molecule is Nc1ncc2c(n1)CCN(Cc1cnc(-c3ccccc3)s1)C2. The van der Waals surface area contributed by atoms with Crippen LogP contribution in [0.3, 0.4) is 0 Å². The number of hydrogen-bond acceptors (Lipinski definition) is 6. The monoisotopic (exact) mass is 323 g/mol. The van der Waals surface area contributed by atoms with Gasteiger partial charge in [-0.1, -0.05) is 30.3 Å². The maximum atomic E-state index is 5.66. The molecule has 5 nitrogen and oxygen atoms in total. The summed E-state index contributed by atoms with van der Waals surface area (Å²) >= 11 is 1.76. The second kappa shape index (κ2) is 6.06. The molecule has 23 heavy (non-hydrogen) atoms. The molecule has 0 spiro atoms. The molecule has 0 bridgehead atoms. The Hall–Kier alpha value is -2.31. The normalized spacial score (nSPS) is 14.6. The highest BCUT2D eigenvalue weighted by atomic mass is 32.1. The van der Waals surface area contributed by atoms with Crippen molar-refractivity contribution in [3.63, 3.8) is 0 Å². The lowest BCUT2D eigenvalue weighted by atomic mass is 10.1. The minimum atomic E-state index is 0.368. The number of rotatable bonds is 3. The van der Waals surface area contributed by atoms with Crippen molar-refractivity contribution in [1.29, 1.82) is 0 Å². The smallest absolute Gasteiger partial charge is 0.220 e. The van der Waals surface area contributed by atoms with Crippen LogP contribution in [-0.2, 0) is 19.5 Å². The molecule has 3 aromatic rings. The highest BCUT2D eigenvalue weighted by Crippen LogP contribution is 2.27. The van der Waals surface area contributed by atoms with E-state index in [4.69, 9.17) is 5.73 Å². The summed E-state index contributed by atoms with van der Waals surface area (Å²) in [6.07, 6.45) is 4.76. The predicted molar refractivity (Wildman–Crippen MR) is 91.8 cm³/mol. The van der Waals surface area contributed by atoms with Crippen LogP contribution in [-0.4, -0.2) is 26.4 Å². The van der Waals surface area contributed by atoms with Crippen LogP contribution in [0.4, 0.5) is 5.95 Å². The number of anilines is 1. The molecule has 6 heteroatoms. The Morgan fingerprint density at radius 1 is 1.13 bits per heavy atom. The third-order valence-electron chi connectivity index (χ3n) is 3.99. The largest absolute Gasteiger partial charge is 0.368 e. The number of nitrogen functional groups attached to an aromatic ring is 1. The molecule has 2 N–H and O–H groups in total. The molecule has 116 valence electrons. The third kappa shape index (κ3) is 3.09. The maximum absolute atomic E-state index is 5.66. The molecule has 0 unspecified atom stereocenters. The van der Waals surface area contributed by atoms with E-state index in [-0.39, 0.29) is 0 Å². The van der Waals surface area contributed by atoms with Crippen molar-refractivity contribution < 1.29 is 0 Å². The first kappa shape index (κ1) is 14.3. The fourth-order valence-electron chi connectivity index (χ4n) is 2.84. The second-order valence-corrected chi connectivity index (χ2v) is 6.77. The lowest BCUT2D eigenvalue weighted by Crippen LogP contribution is -2.30. The number of fused-ring (bicyclic) bond motifs is 1. The van der Waals surface area contributed by atoms with Gasteiger partial charge in [0.1, 0.15) is 5.01 Å². The number of nitrogens with two attached hydrogens (primary N) is 1. The summed E-state index contributed by atoms with van der Waals surface area (Å²) in [4.78, 5) is 16.7. The zero-order valence-electron chi connectivity index (χ0n) is 12.6. The van der Waals surface area contributed by atoms with E-state index in [0.29, 0.717) is 5.95 Å². The van der Waals surface area contributed by atoms with Crippen LogP contribution in [0, 0.1) is 0 Å². The molecule has 0 aliphatic carbocycles. The standard InChI is InChI=1S/C17H17N5S/c18-17-20-8-13-10-22(7-6-15(13)21-17)11-14-9-19-16(23-14)12-4-2-1-3-5-12/h1-5,8-9H,6-7,10-11H2,(H2,18,20,21). The number of aromatic nitrogens is 3. The summed E-state index contributed by atoms with van der Waals surface area (Å²) in [5.74, 6) is 0.368. The molecule has 0 saturated carbocycles. The molecule has 0 radical (unpaired) electrons. The van der Waals surface area contributed by atoms with E-state index in [1.54, 1.807) is 11.3 Å². The van der Waals surface area contributed by atoms with Crippen molar-refractivity contribution in [1.82, 2.24) is 19.9 Å². The molecule has 1 aliphatic rings. The lowest BCUT2D eigenvalue weighted by Gasteiger charge is -2.27. The Bertz CT molecular complexity index is 815. The van der Waals surface area contributed by atoms with Crippen molar-refractivity contribution in [3.8, 4) is 10.6 Å². The summed E-state index contributed by atoms with van der Waals surface area (Å²) in [5.41, 5.74) is 9.10. The van der Waals surface area contributed by atoms with Gasteiger partial charge in [0.25, 0.3) is 0 Å². The summed E-state index contributed by atoms with van der Waals surface area (Å²) in [6.45, 7) is 2.77. The molecule has 0 amide bonds. The molecular formula is C17H17N5S. The van der Waals surface area contributed by atoms with E-state index in [1.165, 1.54) is 16.0 Å². The van der Waals surface area contributed by atoms with Gasteiger partial charge in [-0.05, 0) is 0 Å². The lowest BCUT2D eigenvalue weighted by molar-refractivity contribution is 0.245. The predicted octanol–water partition coefficient (Wildman–Crippen LogP) is 2.74. The first-order valence-corrected chi connectivity index (χ1v) is 8.42. The Balaban J connectivity index is 1.47. The summed E-state index contributed by atoms with van der Waals surface area (Å²) in [6, 6.07) is 10.3. The average molecular weight is 323 g/mol. The molecule has 4 rings (SSSR count). The van der Waals surface area contributed by atoms with Crippen LogP contribution in [0.15, 0.2) is 42.7 Å². The van der Waals surface area contributed by atoms with Gasteiger partial charge in [0, 0.05) is 54.5 Å². The quantitative estimate of drug-likeness (QED) is 0.803. The minimum Gasteiger partial charge on any atom is -0.368 e. The van der Waals surface area contributed by atoms with E-state index in [9.17, 15) is 0 Å². The molecular weight excluding hydrogens is 306 g/mol. The zero-order valence-corrected chi connectivity index (χ0v) is 13.5. The second-order valence-electron chi connectivity index (χ2n) is 5.66. The van der Waals surface area contributed by atoms with E-state index in [2.05, 4.69) is 32.0 Å². The topological polar surface area (TPSA) is 67.9 Å². The van der Waals surface area contributed by atoms with Crippen LogP contribution >= 0.6 is 11.3 Å². The van der Waals surface area contributed by atoms with Crippen LogP contribution in [0.2, 0.25) is 0 Å². The third-order valence-corrected chi connectivity index (χ3v) is 5.02. The molecule has 0 fully saturated rings. The van der Waals surface area contributed by atoms with Crippen molar-refractivity contribution in [2.45, 2.75) is 19.5 Å². The van der Waals surface area contributed by atoms with Gasteiger partial charge in [-0.2, -0.15) is 0 Å². The van der Waals surface area contributed by atoms with Gasteiger partial charge in [-0.25, -0.2) is 15.0 Å². The van der Waals surface area contributed by atoms with Crippen molar-refractivity contribution in [2.24, 2.45) is 0 Å².